The van der Waals surface area contributed by atoms with Crippen LogP contribution >= 0.6 is 0 Å². The van der Waals surface area contributed by atoms with E-state index in [1.807, 2.05) is 0 Å². The molecule has 0 saturated heterocycles. The Morgan fingerprint density at radius 2 is 2.05 bits per heavy atom. The summed E-state index contributed by atoms with van der Waals surface area (Å²) < 4.78 is 6.25. The number of hydrogen-bond acceptors (Lipinski definition) is 5. The summed E-state index contributed by atoms with van der Waals surface area (Å²) in [6, 6.07) is 3.12. The molecule has 1 aromatic carbocycles. The highest BCUT2D eigenvalue weighted by Crippen LogP contribution is 2.34. The number of aromatic hydroxyl groups is 1. The van der Waals surface area contributed by atoms with Gasteiger partial charge >= 0.3 is 11.2 Å². The highest BCUT2D eigenvalue weighted by atomic mass is 16.6. The Kier molecular flexibility index (Phi) is 2.89. The van der Waals surface area contributed by atoms with Crippen LogP contribution in [-0.2, 0) is 7.05 Å². The minimum Gasteiger partial charge on any atom is -0.501 e. The molecule has 0 aliphatic carbocycles. The van der Waals surface area contributed by atoms with Crippen LogP contribution in [0.5, 0.6) is 11.5 Å². The van der Waals surface area contributed by atoms with Crippen LogP contribution in [0, 0.1) is 17.0 Å². The lowest BCUT2D eigenvalue weighted by Crippen LogP contribution is -2.20. The Labute approximate surface area is 107 Å². The van der Waals surface area contributed by atoms with Gasteiger partial charge in [0.25, 0.3) is 0 Å². The zero-order chi connectivity index (χ0) is 14.3. The molecule has 0 spiro atoms. The standard InChI is InChI=1S/C12H12N2O5/c1-6-4-8-7(5-9(6)19-3)11(15)10(14(17)18)12(16)13(8)2/h4-5,15H,1-3H3. The van der Waals surface area contributed by atoms with E-state index < -0.39 is 21.9 Å². The second-order valence-electron chi connectivity index (χ2n) is 4.16. The third-order valence-electron chi connectivity index (χ3n) is 3.04. The SMILES string of the molecule is COc1cc2c(O)c([N+](=O)[O-])c(=O)n(C)c2cc1C. The number of benzene rings is 1. The number of fused-ring (bicyclic) bond motifs is 1. The van der Waals surface area contributed by atoms with Gasteiger partial charge in [-0.2, -0.15) is 0 Å². The number of aromatic nitrogens is 1. The first-order valence-corrected chi connectivity index (χ1v) is 5.43. The molecule has 19 heavy (non-hydrogen) atoms. The van der Waals surface area contributed by atoms with E-state index in [0.29, 0.717) is 11.3 Å². The Morgan fingerprint density at radius 3 is 2.58 bits per heavy atom. The third kappa shape index (κ3) is 1.79. The van der Waals surface area contributed by atoms with Gasteiger partial charge in [0.1, 0.15) is 5.75 Å². The summed E-state index contributed by atoms with van der Waals surface area (Å²) in [6.45, 7) is 1.78. The van der Waals surface area contributed by atoms with E-state index >= 15 is 0 Å². The summed E-state index contributed by atoms with van der Waals surface area (Å²) in [5.41, 5.74) is -0.509. The van der Waals surface area contributed by atoms with Gasteiger partial charge in [-0.15, -0.1) is 0 Å². The Bertz CT molecular complexity index is 748. The summed E-state index contributed by atoms with van der Waals surface area (Å²) in [7, 11) is 2.88. The molecule has 0 aliphatic heterocycles. The molecule has 0 radical (unpaired) electrons. The first kappa shape index (κ1) is 12.9. The first-order chi connectivity index (χ1) is 8.88. The molecule has 7 heteroatoms. The summed E-state index contributed by atoms with van der Waals surface area (Å²) in [4.78, 5) is 21.8. The van der Waals surface area contributed by atoms with Crippen LogP contribution in [-0.4, -0.2) is 21.7 Å². The monoisotopic (exact) mass is 264 g/mol. The van der Waals surface area contributed by atoms with E-state index in [0.717, 1.165) is 10.1 Å². The molecule has 0 fully saturated rings. The van der Waals surface area contributed by atoms with Gasteiger partial charge in [-0.3, -0.25) is 14.9 Å². The van der Waals surface area contributed by atoms with Crippen LogP contribution in [0.4, 0.5) is 5.69 Å². The molecule has 0 bridgehead atoms. The summed E-state index contributed by atoms with van der Waals surface area (Å²) in [6.07, 6.45) is 0. The molecule has 1 N–H and O–H groups in total. The highest BCUT2D eigenvalue weighted by Gasteiger charge is 2.25. The fraction of sp³-hybridized carbons (Fsp3) is 0.250. The maximum absolute atomic E-state index is 11.8. The maximum atomic E-state index is 11.8. The van der Waals surface area contributed by atoms with Crippen molar-refractivity contribution in [2.24, 2.45) is 7.05 Å². The average molecular weight is 264 g/mol. The molecule has 0 unspecified atom stereocenters. The van der Waals surface area contributed by atoms with Crippen molar-refractivity contribution in [1.29, 1.82) is 0 Å². The van der Waals surface area contributed by atoms with Gasteiger partial charge in [0.2, 0.25) is 5.75 Å². The first-order valence-electron chi connectivity index (χ1n) is 5.43. The minimum absolute atomic E-state index is 0.205. The second-order valence-corrected chi connectivity index (χ2v) is 4.16. The fourth-order valence-electron chi connectivity index (χ4n) is 2.02. The number of pyridine rings is 1. The van der Waals surface area contributed by atoms with Crippen molar-refractivity contribution in [1.82, 2.24) is 4.57 Å². The van der Waals surface area contributed by atoms with Gasteiger partial charge in [0, 0.05) is 7.05 Å². The second kappa shape index (κ2) is 4.27. The molecular formula is C12H12N2O5. The number of methoxy groups -OCH3 is 1. The summed E-state index contributed by atoms with van der Waals surface area (Å²) in [5.74, 6) is -0.155. The lowest BCUT2D eigenvalue weighted by atomic mass is 10.1. The van der Waals surface area contributed by atoms with Gasteiger partial charge in [-0.1, -0.05) is 0 Å². The maximum Gasteiger partial charge on any atom is 0.375 e. The number of hydrogen-bond donors (Lipinski definition) is 1. The number of ether oxygens (including phenoxy) is 1. The Morgan fingerprint density at radius 1 is 1.42 bits per heavy atom. The number of nitro groups is 1. The topological polar surface area (TPSA) is 94.6 Å². The molecule has 0 atom stereocenters. The number of rotatable bonds is 2. The third-order valence-corrected chi connectivity index (χ3v) is 3.04. The van der Waals surface area contributed by atoms with E-state index in [9.17, 15) is 20.0 Å². The van der Waals surface area contributed by atoms with Crippen LogP contribution in [0.25, 0.3) is 10.9 Å². The van der Waals surface area contributed by atoms with Crippen LogP contribution in [0.1, 0.15) is 5.56 Å². The molecule has 0 amide bonds. The van der Waals surface area contributed by atoms with Crippen LogP contribution in [0.15, 0.2) is 16.9 Å². The van der Waals surface area contributed by atoms with Crippen molar-refractivity contribution in [3.05, 3.63) is 38.2 Å². The molecule has 0 aliphatic rings. The van der Waals surface area contributed by atoms with Crippen molar-refractivity contribution in [2.45, 2.75) is 6.92 Å². The van der Waals surface area contributed by atoms with E-state index in [2.05, 4.69) is 0 Å². The van der Waals surface area contributed by atoms with Crippen LogP contribution in [0.2, 0.25) is 0 Å². The van der Waals surface area contributed by atoms with Gasteiger partial charge in [-0.05, 0) is 24.6 Å². The van der Waals surface area contributed by atoms with Crippen molar-refractivity contribution in [3.63, 3.8) is 0 Å². The largest absolute Gasteiger partial charge is 0.501 e. The van der Waals surface area contributed by atoms with Gasteiger partial charge in [0.15, 0.2) is 0 Å². The molecule has 100 valence electrons. The molecular weight excluding hydrogens is 252 g/mol. The molecule has 2 aromatic rings. The quantitative estimate of drug-likeness (QED) is 0.654. The predicted octanol–water partition coefficient (Wildman–Crippen LogP) is 1.47. The van der Waals surface area contributed by atoms with Crippen LogP contribution < -0.4 is 10.3 Å². The Balaban J connectivity index is 3.03. The van der Waals surface area contributed by atoms with Crippen molar-refractivity contribution in [3.8, 4) is 11.5 Å². The fourth-order valence-corrected chi connectivity index (χ4v) is 2.02. The van der Waals surface area contributed by atoms with Crippen LogP contribution in [0.3, 0.4) is 0 Å². The molecule has 1 aromatic heterocycles. The van der Waals surface area contributed by atoms with E-state index in [1.165, 1.54) is 20.2 Å². The summed E-state index contributed by atoms with van der Waals surface area (Å²) in [5, 5.41) is 21.0. The molecule has 2 rings (SSSR count). The molecule has 1 heterocycles. The predicted molar refractivity (Wildman–Crippen MR) is 68.8 cm³/mol. The van der Waals surface area contributed by atoms with Gasteiger partial charge in [0.05, 0.1) is 22.9 Å². The van der Waals surface area contributed by atoms with E-state index in [4.69, 9.17) is 4.74 Å². The number of nitrogens with zero attached hydrogens (tertiary/aromatic N) is 2. The summed E-state index contributed by atoms with van der Waals surface area (Å²) >= 11 is 0. The highest BCUT2D eigenvalue weighted by molar-refractivity contribution is 5.90. The molecule has 0 saturated carbocycles. The normalized spacial score (nSPS) is 10.7. The number of aryl methyl sites for hydroxylation is 2. The lowest BCUT2D eigenvalue weighted by Gasteiger charge is -2.11. The Hall–Kier alpha value is -2.57. The average Bonchev–Trinajstić information content (AvgIpc) is 2.35. The van der Waals surface area contributed by atoms with E-state index in [-0.39, 0.29) is 5.39 Å². The zero-order valence-electron chi connectivity index (χ0n) is 10.6. The minimum atomic E-state index is -0.885. The van der Waals surface area contributed by atoms with Gasteiger partial charge in [-0.25, -0.2) is 0 Å². The van der Waals surface area contributed by atoms with Crippen molar-refractivity contribution >= 4 is 16.6 Å². The smallest absolute Gasteiger partial charge is 0.375 e. The van der Waals surface area contributed by atoms with E-state index in [1.54, 1.807) is 13.0 Å². The zero-order valence-corrected chi connectivity index (χ0v) is 10.6. The molecule has 7 nitrogen and oxygen atoms in total. The van der Waals surface area contributed by atoms with Crippen molar-refractivity contribution in [2.75, 3.05) is 7.11 Å². The lowest BCUT2D eigenvalue weighted by molar-refractivity contribution is -0.387. The van der Waals surface area contributed by atoms with Crippen molar-refractivity contribution < 1.29 is 14.8 Å². The van der Waals surface area contributed by atoms with Gasteiger partial charge < -0.3 is 14.4 Å².